The van der Waals surface area contributed by atoms with Gasteiger partial charge in [0.15, 0.2) is 0 Å². The van der Waals surface area contributed by atoms with Crippen LogP contribution in [-0.2, 0) is 4.79 Å². The van der Waals surface area contributed by atoms with E-state index in [1.807, 2.05) is 0 Å². The number of allylic oxidation sites excluding steroid dienone is 4. The number of likely N-dealkylation sites (tertiary alicyclic amines) is 1. The number of hydrogen-bond donors (Lipinski definition) is 1. The van der Waals surface area contributed by atoms with Gasteiger partial charge >= 0.3 is 0 Å². The lowest BCUT2D eigenvalue weighted by Crippen LogP contribution is -2.53. The predicted molar refractivity (Wildman–Crippen MR) is 141 cm³/mol. The summed E-state index contributed by atoms with van der Waals surface area (Å²) in [4.78, 5) is 15.2. The first-order chi connectivity index (χ1) is 14.2. The Bertz CT molecular complexity index is 641. The summed E-state index contributed by atoms with van der Waals surface area (Å²) < 4.78 is 0. The van der Waals surface area contributed by atoms with Gasteiger partial charge in [0.25, 0.3) is 0 Å². The van der Waals surface area contributed by atoms with Crippen LogP contribution >= 0.6 is 11.6 Å². The number of rotatable bonds is 8. The SMILES string of the molecule is C.CC(C)[C@H](CN1CC[C@H](C2C=CC(Cl)=CC2)C(C)(C)C1)NC(=O)CCC1CCCC1.O.O. The minimum atomic E-state index is 0. The highest BCUT2D eigenvalue weighted by atomic mass is 35.5. The number of carbonyl (C=O) groups is 1. The number of hydrogen-bond acceptors (Lipinski definition) is 2. The molecule has 1 aliphatic heterocycles. The van der Waals surface area contributed by atoms with Crippen LogP contribution in [0.25, 0.3) is 0 Å². The lowest BCUT2D eigenvalue weighted by molar-refractivity contribution is -0.122. The van der Waals surface area contributed by atoms with Crippen molar-refractivity contribution in [3.63, 3.8) is 0 Å². The third-order valence-corrected chi connectivity index (χ3v) is 8.14. The summed E-state index contributed by atoms with van der Waals surface area (Å²) in [6, 6.07) is 0.241. The largest absolute Gasteiger partial charge is 0.412 e. The van der Waals surface area contributed by atoms with E-state index in [4.69, 9.17) is 11.6 Å². The van der Waals surface area contributed by atoms with E-state index in [2.05, 4.69) is 56.1 Å². The molecule has 1 saturated heterocycles. The average molecular weight is 487 g/mol. The Morgan fingerprint density at radius 2 is 1.88 bits per heavy atom. The van der Waals surface area contributed by atoms with Gasteiger partial charge in [-0.2, -0.15) is 0 Å². The molecule has 0 radical (unpaired) electrons. The average Bonchev–Trinajstić information content (AvgIpc) is 3.20. The Morgan fingerprint density at radius 3 is 2.42 bits per heavy atom. The summed E-state index contributed by atoms with van der Waals surface area (Å²) in [7, 11) is 0. The summed E-state index contributed by atoms with van der Waals surface area (Å²) >= 11 is 6.13. The summed E-state index contributed by atoms with van der Waals surface area (Å²) in [6.45, 7) is 12.5. The molecule has 33 heavy (non-hydrogen) atoms. The summed E-state index contributed by atoms with van der Waals surface area (Å²) in [5, 5.41) is 4.26. The van der Waals surface area contributed by atoms with E-state index < -0.39 is 0 Å². The molecule has 5 nitrogen and oxygen atoms in total. The minimum absolute atomic E-state index is 0. The van der Waals surface area contributed by atoms with Crippen molar-refractivity contribution in [3.8, 4) is 0 Å². The molecule has 6 heteroatoms. The zero-order valence-electron chi connectivity index (χ0n) is 20.6. The molecule has 0 spiro atoms. The van der Waals surface area contributed by atoms with E-state index in [1.165, 1.54) is 32.1 Å². The molecule has 0 bridgehead atoms. The zero-order valence-corrected chi connectivity index (χ0v) is 21.4. The van der Waals surface area contributed by atoms with E-state index >= 15 is 0 Å². The van der Waals surface area contributed by atoms with Gasteiger partial charge in [-0.15, -0.1) is 0 Å². The van der Waals surface area contributed by atoms with Crippen LogP contribution in [0.3, 0.4) is 0 Å². The van der Waals surface area contributed by atoms with Crippen molar-refractivity contribution < 1.29 is 15.7 Å². The quantitative estimate of drug-likeness (QED) is 0.514. The van der Waals surface area contributed by atoms with E-state index in [-0.39, 0.29) is 35.7 Å². The van der Waals surface area contributed by atoms with Crippen molar-refractivity contribution in [2.45, 2.75) is 92.5 Å². The zero-order chi connectivity index (χ0) is 21.7. The maximum absolute atomic E-state index is 12.6. The van der Waals surface area contributed by atoms with Crippen molar-refractivity contribution in [1.82, 2.24) is 10.2 Å². The number of nitrogens with one attached hydrogen (secondary N) is 1. The maximum Gasteiger partial charge on any atom is 0.220 e. The van der Waals surface area contributed by atoms with Gasteiger partial charge in [0.05, 0.1) is 0 Å². The molecule has 1 saturated carbocycles. The molecular formula is C27H51ClN2O3. The first kappa shape index (κ1) is 32.1. The summed E-state index contributed by atoms with van der Waals surface area (Å²) in [5.74, 6) is 2.78. The molecule has 3 atom stereocenters. The van der Waals surface area contributed by atoms with Gasteiger partial charge in [0.1, 0.15) is 0 Å². The number of nitrogens with zero attached hydrogens (tertiary/aromatic N) is 1. The number of piperidine rings is 1. The van der Waals surface area contributed by atoms with Gasteiger partial charge in [-0.05, 0) is 61.0 Å². The molecule has 2 fully saturated rings. The van der Waals surface area contributed by atoms with Crippen molar-refractivity contribution in [3.05, 3.63) is 23.3 Å². The van der Waals surface area contributed by atoms with E-state index in [0.29, 0.717) is 24.2 Å². The van der Waals surface area contributed by atoms with E-state index in [9.17, 15) is 4.79 Å². The third-order valence-electron chi connectivity index (χ3n) is 7.86. The molecule has 1 unspecified atom stereocenters. The molecule has 0 aromatic heterocycles. The van der Waals surface area contributed by atoms with Crippen molar-refractivity contribution in [1.29, 1.82) is 0 Å². The molecule has 1 amide bonds. The highest BCUT2D eigenvalue weighted by Crippen LogP contribution is 2.43. The first-order valence-electron chi connectivity index (χ1n) is 12.3. The highest BCUT2D eigenvalue weighted by Gasteiger charge is 2.40. The van der Waals surface area contributed by atoms with Crippen LogP contribution in [0.1, 0.15) is 86.5 Å². The monoisotopic (exact) mass is 486 g/mol. The van der Waals surface area contributed by atoms with Crippen molar-refractivity contribution >= 4 is 17.5 Å². The second kappa shape index (κ2) is 14.5. The highest BCUT2D eigenvalue weighted by molar-refractivity contribution is 6.31. The smallest absolute Gasteiger partial charge is 0.220 e. The van der Waals surface area contributed by atoms with Crippen LogP contribution in [0.15, 0.2) is 23.3 Å². The van der Waals surface area contributed by atoms with E-state index in [1.54, 1.807) is 0 Å². The Balaban J connectivity index is 0.00000341. The Kier molecular flexibility index (Phi) is 14.1. The third kappa shape index (κ3) is 9.35. The predicted octanol–water partition coefficient (Wildman–Crippen LogP) is 5.13. The molecule has 0 aromatic rings. The normalized spacial score (nSPS) is 25.9. The Hall–Kier alpha value is -0.880. The van der Waals surface area contributed by atoms with Crippen LogP contribution < -0.4 is 5.32 Å². The van der Waals surface area contributed by atoms with Crippen LogP contribution in [-0.4, -0.2) is 47.4 Å². The van der Waals surface area contributed by atoms with Crippen LogP contribution in [0.5, 0.6) is 0 Å². The fraction of sp³-hybridized carbons (Fsp3) is 0.815. The van der Waals surface area contributed by atoms with Gasteiger partial charge in [-0.25, -0.2) is 0 Å². The Morgan fingerprint density at radius 1 is 1.21 bits per heavy atom. The fourth-order valence-corrected chi connectivity index (χ4v) is 6.12. The van der Waals surface area contributed by atoms with Crippen LogP contribution in [0.2, 0.25) is 0 Å². The van der Waals surface area contributed by atoms with Crippen molar-refractivity contribution in [2.75, 3.05) is 19.6 Å². The molecule has 194 valence electrons. The second-order valence-electron chi connectivity index (χ2n) is 11.1. The standard InChI is InChI=1S/C26H43ClN2O.CH4.2H2O/c1-19(2)24(28-25(30)14-9-20-7-5-6-8-20)17-29-16-15-23(26(3,4)18-29)21-10-12-22(27)13-11-21;;;/h10,12-13,19-21,23-24H,5-9,11,14-18H2,1-4H3,(H,28,30);1H4;2*1H2/t21?,23-,24+;;;/m1.../s1. The lowest BCUT2D eigenvalue weighted by Gasteiger charge is -2.48. The van der Waals surface area contributed by atoms with Gasteiger partial charge in [0.2, 0.25) is 5.91 Å². The molecule has 3 rings (SSSR count). The maximum atomic E-state index is 12.6. The number of halogens is 1. The minimum Gasteiger partial charge on any atom is -0.412 e. The first-order valence-corrected chi connectivity index (χ1v) is 12.7. The summed E-state index contributed by atoms with van der Waals surface area (Å²) in [6.07, 6.45) is 16.0. The fourth-order valence-electron chi connectivity index (χ4n) is 5.96. The molecular weight excluding hydrogens is 436 g/mol. The topological polar surface area (TPSA) is 95.3 Å². The number of carbonyl (C=O) groups excluding carboxylic acids is 1. The number of amides is 1. The summed E-state index contributed by atoms with van der Waals surface area (Å²) in [5.41, 5.74) is 0.263. The molecule has 3 aliphatic rings. The second-order valence-corrected chi connectivity index (χ2v) is 11.5. The van der Waals surface area contributed by atoms with Crippen molar-refractivity contribution in [2.24, 2.45) is 29.1 Å². The Labute approximate surface area is 208 Å². The lowest BCUT2D eigenvalue weighted by atomic mass is 9.66. The van der Waals surface area contributed by atoms with Gasteiger partial charge in [-0.3, -0.25) is 4.79 Å². The van der Waals surface area contributed by atoms with Crippen LogP contribution in [0, 0.1) is 29.1 Å². The molecule has 2 aliphatic carbocycles. The van der Waals surface area contributed by atoms with Crippen LogP contribution in [0.4, 0.5) is 0 Å². The van der Waals surface area contributed by atoms with Gasteiger partial charge < -0.3 is 21.2 Å². The molecule has 0 aromatic carbocycles. The van der Waals surface area contributed by atoms with Gasteiger partial charge in [-0.1, -0.05) is 84.6 Å². The van der Waals surface area contributed by atoms with Gasteiger partial charge in [0, 0.05) is 30.6 Å². The van der Waals surface area contributed by atoms with E-state index in [0.717, 1.165) is 43.4 Å². The molecule has 1 heterocycles. The molecule has 5 N–H and O–H groups in total.